The molecule has 0 amide bonds. The van der Waals surface area contributed by atoms with Gasteiger partial charge in [-0.15, -0.1) is 5.10 Å². The van der Waals surface area contributed by atoms with E-state index < -0.39 is 0 Å². The van der Waals surface area contributed by atoms with Gasteiger partial charge in [0.15, 0.2) is 5.82 Å². The normalized spacial score (nSPS) is 18.2. The minimum Gasteiger partial charge on any atom is -0.304 e. The van der Waals surface area contributed by atoms with Crippen LogP contribution in [0.25, 0.3) is 0 Å². The molecule has 1 saturated heterocycles. The average molecular weight is 332 g/mol. The monoisotopic (exact) mass is 332 g/mol. The van der Waals surface area contributed by atoms with Crippen molar-refractivity contribution in [3.8, 4) is 0 Å². The van der Waals surface area contributed by atoms with E-state index in [-0.39, 0.29) is 11.9 Å². The van der Waals surface area contributed by atoms with Crippen LogP contribution in [0.2, 0.25) is 0 Å². The van der Waals surface area contributed by atoms with Gasteiger partial charge in [0.05, 0.1) is 12.6 Å². The fourth-order valence-corrected chi connectivity index (χ4v) is 3.28. The van der Waals surface area contributed by atoms with Crippen LogP contribution >= 0.6 is 0 Å². The molecule has 1 aromatic heterocycles. The molecule has 0 radical (unpaired) electrons. The number of benzene rings is 1. The van der Waals surface area contributed by atoms with E-state index in [1.165, 1.54) is 12.1 Å². The minimum absolute atomic E-state index is 0.189. The van der Waals surface area contributed by atoms with Gasteiger partial charge in [-0.25, -0.2) is 9.07 Å². The number of aromatic nitrogens is 4. The van der Waals surface area contributed by atoms with Crippen molar-refractivity contribution in [2.45, 2.75) is 26.4 Å². The van der Waals surface area contributed by atoms with E-state index in [4.69, 9.17) is 0 Å². The van der Waals surface area contributed by atoms with Gasteiger partial charge in [-0.3, -0.25) is 4.90 Å². The first-order valence-corrected chi connectivity index (χ1v) is 8.47. The van der Waals surface area contributed by atoms with Crippen molar-refractivity contribution in [3.05, 3.63) is 41.5 Å². The fourth-order valence-electron chi connectivity index (χ4n) is 3.28. The maximum Gasteiger partial charge on any atom is 0.169 e. The van der Waals surface area contributed by atoms with E-state index in [9.17, 15) is 4.39 Å². The zero-order valence-electron chi connectivity index (χ0n) is 14.6. The molecule has 1 aliphatic rings. The van der Waals surface area contributed by atoms with Gasteiger partial charge < -0.3 is 4.90 Å². The molecule has 2 heterocycles. The van der Waals surface area contributed by atoms with Gasteiger partial charge in [-0.1, -0.05) is 26.0 Å². The third-order valence-corrected chi connectivity index (χ3v) is 4.63. The highest BCUT2D eigenvalue weighted by molar-refractivity contribution is 5.16. The van der Waals surface area contributed by atoms with Crippen molar-refractivity contribution in [3.63, 3.8) is 0 Å². The summed E-state index contributed by atoms with van der Waals surface area (Å²) in [5, 5.41) is 12.4. The zero-order chi connectivity index (χ0) is 17.1. The Hall–Kier alpha value is -1.86. The first-order valence-electron chi connectivity index (χ1n) is 8.47. The van der Waals surface area contributed by atoms with Gasteiger partial charge >= 0.3 is 0 Å². The molecule has 0 spiro atoms. The van der Waals surface area contributed by atoms with Gasteiger partial charge in [0.25, 0.3) is 0 Å². The molecule has 24 heavy (non-hydrogen) atoms. The van der Waals surface area contributed by atoms with E-state index in [2.05, 4.69) is 46.2 Å². The largest absolute Gasteiger partial charge is 0.304 e. The fraction of sp³-hybridized carbons (Fsp3) is 0.588. The topological polar surface area (TPSA) is 50.1 Å². The molecule has 0 saturated carbocycles. The van der Waals surface area contributed by atoms with Crippen LogP contribution in [0.4, 0.5) is 4.39 Å². The van der Waals surface area contributed by atoms with Crippen molar-refractivity contribution >= 4 is 0 Å². The maximum atomic E-state index is 13.1. The summed E-state index contributed by atoms with van der Waals surface area (Å²) in [6.45, 7) is 9.12. The van der Waals surface area contributed by atoms with Crippen LogP contribution in [0.1, 0.15) is 31.3 Å². The molecule has 1 aliphatic heterocycles. The second-order valence-electron chi connectivity index (χ2n) is 6.85. The molecule has 0 bridgehead atoms. The smallest absolute Gasteiger partial charge is 0.169 e. The number of tetrazole rings is 1. The summed E-state index contributed by atoms with van der Waals surface area (Å²) < 4.78 is 14.9. The molecule has 0 N–H and O–H groups in total. The van der Waals surface area contributed by atoms with E-state index in [0.29, 0.717) is 12.5 Å². The number of likely N-dealkylation sites (N-methyl/N-ethyl adjacent to an activating group) is 1. The molecule has 2 aromatic rings. The molecule has 130 valence electrons. The number of halogens is 1. The van der Waals surface area contributed by atoms with E-state index in [1.54, 1.807) is 12.1 Å². The van der Waals surface area contributed by atoms with E-state index in [0.717, 1.165) is 37.6 Å². The van der Waals surface area contributed by atoms with Gasteiger partial charge in [-0.2, -0.15) is 0 Å². The van der Waals surface area contributed by atoms with Crippen molar-refractivity contribution in [1.82, 2.24) is 30.0 Å². The molecule has 1 fully saturated rings. The number of piperazine rings is 1. The highest BCUT2D eigenvalue weighted by atomic mass is 19.1. The quantitative estimate of drug-likeness (QED) is 0.836. The van der Waals surface area contributed by atoms with Crippen LogP contribution in [0.3, 0.4) is 0 Å². The van der Waals surface area contributed by atoms with Gasteiger partial charge in [0.1, 0.15) is 5.82 Å². The Kier molecular flexibility index (Phi) is 5.20. The zero-order valence-corrected chi connectivity index (χ0v) is 14.6. The molecular weight excluding hydrogens is 307 g/mol. The lowest BCUT2D eigenvalue weighted by atomic mass is 10.0. The maximum absolute atomic E-state index is 13.1. The first-order chi connectivity index (χ1) is 11.5. The number of nitrogens with zero attached hydrogens (tertiary/aromatic N) is 6. The Morgan fingerprint density at radius 3 is 2.38 bits per heavy atom. The Morgan fingerprint density at radius 1 is 1.08 bits per heavy atom. The van der Waals surface area contributed by atoms with Crippen LogP contribution in [0, 0.1) is 11.7 Å². The molecule has 6 nitrogen and oxygen atoms in total. The lowest BCUT2D eigenvalue weighted by molar-refractivity contribution is 0.0812. The van der Waals surface area contributed by atoms with Crippen molar-refractivity contribution < 1.29 is 4.39 Å². The number of hydrogen-bond donors (Lipinski definition) is 0. The Balaban J connectivity index is 1.81. The van der Waals surface area contributed by atoms with Gasteiger partial charge in [-0.05, 0) is 41.1 Å². The highest BCUT2D eigenvalue weighted by Gasteiger charge is 2.30. The van der Waals surface area contributed by atoms with Crippen LogP contribution in [-0.4, -0.2) is 63.2 Å². The molecule has 0 unspecified atom stereocenters. The molecular formula is C17H25FN6. The van der Waals surface area contributed by atoms with Crippen molar-refractivity contribution in [2.24, 2.45) is 5.92 Å². The minimum atomic E-state index is -0.229. The molecule has 1 atom stereocenters. The third-order valence-electron chi connectivity index (χ3n) is 4.63. The second kappa shape index (κ2) is 7.36. The van der Waals surface area contributed by atoms with Gasteiger partial charge in [0.2, 0.25) is 0 Å². The van der Waals surface area contributed by atoms with Crippen LogP contribution in [0.15, 0.2) is 24.3 Å². The van der Waals surface area contributed by atoms with Crippen LogP contribution in [0.5, 0.6) is 0 Å². The SMILES string of the molecule is CC(C)[C@@H](c1nnnn1Cc1ccc(F)cc1)N1CCN(C)CC1. The summed E-state index contributed by atoms with van der Waals surface area (Å²) in [4.78, 5) is 4.81. The Bertz CT molecular complexity index is 645. The lowest BCUT2D eigenvalue weighted by Gasteiger charge is -2.39. The summed E-state index contributed by atoms with van der Waals surface area (Å²) in [6, 6.07) is 6.69. The van der Waals surface area contributed by atoms with Crippen LogP contribution in [-0.2, 0) is 6.54 Å². The predicted octanol–water partition coefficient (Wildman–Crippen LogP) is 1.81. The average Bonchev–Trinajstić information content (AvgIpc) is 2.99. The summed E-state index contributed by atoms with van der Waals surface area (Å²) in [5.41, 5.74) is 0.992. The molecule has 3 rings (SSSR count). The molecule has 1 aromatic carbocycles. The molecule has 7 heteroatoms. The standard InChI is InChI=1S/C17H25FN6/c1-13(2)16(23-10-8-22(3)9-11-23)17-19-20-21-24(17)12-14-4-6-15(18)7-5-14/h4-7,13,16H,8-12H2,1-3H3/t16-/m0/s1. The predicted molar refractivity (Wildman–Crippen MR) is 90.0 cm³/mol. The summed E-state index contributed by atoms with van der Waals surface area (Å²) in [6.07, 6.45) is 0. The van der Waals surface area contributed by atoms with E-state index in [1.807, 2.05) is 4.68 Å². The Morgan fingerprint density at radius 2 is 1.75 bits per heavy atom. The second-order valence-corrected chi connectivity index (χ2v) is 6.85. The summed E-state index contributed by atoms with van der Waals surface area (Å²) >= 11 is 0. The number of rotatable bonds is 5. The van der Waals surface area contributed by atoms with Crippen LogP contribution < -0.4 is 0 Å². The number of hydrogen-bond acceptors (Lipinski definition) is 5. The highest BCUT2D eigenvalue weighted by Crippen LogP contribution is 2.27. The Labute approximate surface area is 142 Å². The molecule has 0 aliphatic carbocycles. The third kappa shape index (κ3) is 3.79. The summed E-state index contributed by atoms with van der Waals surface area (Å²) in [7, 11) is 2.15. The van der Waals surface area contributed by atoms with Gasteiger partial charge in [0, 0.05) is 26.2 Å². The van der Waals surface area contributed by atoms with E-state index >= 15 is 0 Å². The first kappa shape index (κ1) is 17.0. The van der Waals surface area contributed by atoms with Crippen molar-refractivity contribution in [1.29, 1.82) is 0 Å². The van der Waals surface area contributed by atoms with Crippen molar-refractivity contribution in [2.75, 3.05) is 33.2 Å². The lowest BCUT2D eigenvalue weighted by Crippen LogP contribution is -2.47. The summed E-state index contributed by atoms with van der Waals surface area (Å²) in [5.74, 6) is 1.07.